The first-order chi connectivity index (χ1) is 11.5. The highest BCUT2D eigenvalue weighted by Crippen LogP contribution is 2.15. The van der Waals surface area contributed by atoms with Crippen molar-refractivity contribution in [2.24, 2.45) is 0 Å². The number of carbonyl (C=O) groups excluding carboxylic acids is 2. The number of hydrogen-bond donors (Lipinski definition) is 1. The molecule has 2 rings (SSSR count). The average molecular weight is 332 g/mol. The number of benzene rings is 2. The second kappa shape index (κ2) is 8.19. The van der Waals surface area contributed by atoms with Crippen LogP contribution in [0.3, 0.4) is 0 Å². The Balaban J connectivity index is 1.89. The largest absolute Gasteiger partial charge is 0.354 e. The van der Waals surface area contributed by atoms with Crippen LogP contribution < -0.4 is 10.2 Å². The van der Waals surface area contributed by atoms with Crippen molar-refractivity contribution in [1.29, 1.82) is 0 Å². The fourth-order valence-corrected chi connectivity index (χ4v) is 2.31. The van der Waals surface area contributed by atoms with Crippen LogP contribution in [-0.2, 0) is 16.0 Å². The highest BCUT2D eigenvalue weighted by Gasteiger charge is 2.12. The monoisotopic (exact) mass is 332 g/mol. The maximum Gasteiger partial charge on any atom is 0.224 e. The molecule has 0 heterocycles. The van der Waals surface area contributed by atoms with E-state index in [0.29, 0.717) is 11.3 Å². The third kappa shape index (κ3) is 5.15. The molecule has 0 radical (unpaired) electrons. The van der Waals surface area contributed by atoms with Gasteiger partial charge in [-0.3, -0.25) is 9.59 Å². The number of nitrogens with one attached hydrogen (secondary N) is 1. The molecular formula is C18H18F2N2O2. The van der Waals surface area contributed by atoms with Gasteiger partial charge in [-0.2, -0.15) is 0 Å². The molecule has 24 heavy (non-hydrogen) atoms. The Labute approximate surface area is 139 Å². The Kier molecular flexibility index (Phi) is 6.01. The van der Waals surface area contributed by atoms with Gasteiger partial charge in [-0.25, -0.2) is 8.78 Å². The van der Waals surface area contributed by atoms with Crippen molar-refractivity contribution < 1.29 is 18.4 Å². The molecule has 0 aliphatic carbocycles. The van der Waals surface area contributed by atoms with Crippen molar-refractivity contribution >= 4 is 17.5 Å². The third-order valence-corrected chi connectivity index (χ3v) is 3.41. The smallest absolute Gasteiger partial charge is 0.224 e. The van der Waals surface area contributed by atoms with E-state index >= 15 is 0 Å². The number of hydrogen-bond acceptors (Lipinski definition) is 2. The molecule has 2 amide bonds. The molecule has 1 N–H and O–H groups in total. The first-order valence-electron chi connectivity index (χ1n) is 7.50. The van der Waals surface area contributed by atoms with Gasteiger partial charge in [0.05, 0.1) is 6.42 Å². The van der Waals surface area contributed by atoms with Crippen LogP contribution in [0.25, 0.3) is 0 Å². The SMILES string of the molecule is CC(=O)N(CCNC(=O)Cc1cccc(F)c1)c1cccc(F)c1. The lowest BCUT2D eigenvalue weighted by Crippen LogP contribution is -2.38. The summed E-state index contributed by atoms with van der Waals surface area (Å²) in [5.74, 6) is -1.36. The van der Waals surface area contributed by atoms with Crippen molar-refractivity contribution in [1.82, 2.24) is 5.32 Å². The van der Waals surface area contributed by atoms with E-state index in [0.717, 1.165) is 0 Å². The molecule has 0 spiro atoms. The van der Waals surface area contributed by atoms with Gasteiger partial charge in [-0.05, 0) is 35.9 Å². The van der Waals surface area contributed by atoms with Crippen LogP contribution in [0.2, 0.25) is 0 Å². The highest BCUT2D eigenvalue weighted by atomic mass is 19.1. The molecule has 0 unspecified atom stereocenters. The fourth-order valence-electron chi connectivity index (χ4n) is 2.31. The molecule has 0 fully saturated rings. The zero-order valence-corrected chi connectivity index (χ0v) is 13.3. The normalized spacial score (nSPS) is 10.3. The molecule has 0 aromatic heterocycles. The molecule has 0 bridgehead atoms. The lowest BCUT2D eigenvalue weighted by Gasteiger charge is -2.21. The summed E-state index contributed by atoms with van der Waals surface area (Å²) in [7, 11) is 0. The van der Waals surface area contributed by atoms with Gasteiger partial charge in [0, 0.05) is 25.7 Å². The Morgan fingerprint density at radius 3 is 2.33 bits per heavy atom. The van der Waals surface area contributed by atoms with Crippen LogP contribution in [0.1, 0.15) is 12.5 Å². The summed E-state index contributed by atoms with van der Waals surface area (Å²) in [5.41, 5.74) is 1.00. The van der Waals surface area contributed by atoms with E-state index in [1.165, 1.54) is 42.2 Å². The van der Waals surface area contributed by atoms with Crippen molar-refractivity contribution in [3.8, 4) is 0 Å². The summed E-state index contributed by atoms with van der Waals surface area (Å²) in [5, 5.41) is 2.67. The van der Waals surface area contributed by atoms with Gasteiger partial charge in [0.1, 0.15) is 11.6 Å². The topological polar surface area (TPSA) is 49.4 Å². The summed E-state index contributed by atoms with van der Waals surface area (Å²) in [6, 6.07) is 11.5. The van der Waals surface area contributed by atoms with Gasteiger partial charge >= 0.3 is 0 Å². The number of carbonyl (C=O) groups is 2. The quantitative estimate of drug-likeness (QED) is 0.884. The molecule has 0 atom stereocenters. The van der Waals surface area contributed by atoms with Crippen LogP contribution >= 0.6 is 0 Å². The van der Waals surface area contributed by atoms with Crippen molar-refractivity contribution in [2.75, 3.05) is 18.0 Å². The summed E-state index contributed by atoms with van der Waals surface area (Å²) >= 11 is 0. The van der Waals surface area contributed by atoms with Crippen LogP contribution in [0.5, 0.6) is 0 Å². The standard InChI is InChI=1S/C18H18F2N2O2/c1-13(23)22(17-7-3-6-16(20)12-17)9-8-21-18(24)11-14-4-2-5-15(19)10-14/h2-7,10,12H,8-9,11H2,1H3,(H,21,24). The van der Waals surface area contributed by atoms with Crippen molar-refractivity contribution in [3.05, 3.63) is 65.7 Å². The molecule has 0 aliphatic heterocycles. The van der Waals surface area contributed by atoms with E-state index < -0.39 is 11.6 Å². The van der Waals surface area contributed by atoms with Crippen molar-refractivity contribution in [3.63, 3.8) is 0 Å². The van der Waals surface area contributed by atoms with E-state index in [1.54, 1.807) is 18.2 Å². The Morgan fingerprint density at radius 2 is 1.71 bits per heavy atom. The summed E-state index contributed by atoms with van der Waals surface area (Å²) in [6.07, 6.45) is 0.0534. The number of halogens is 2. The van der Waals surface area contributed by atoms with Gasteiger partial charge < -0.3 is 10.2 Å². The summed E-state index contributed by atoms with van der Waals surface area (Å²) in [4.78, 5) is 25.0. The van der Waals surface area contributed by atoms with Gasteiger partial charge in [0.25, 0.3) is 0 Å². The predicted octanol–water partition coefficient (Wildman–Crippen LogP) is 2.68. The second-order valence-corrected chi connectivity index (χ2v) is 5.31. The first-order valence-corrected chi connectivity index (χ1v) is 7.50. The Bertz CT molecular complexity index is 734. The highest BCUT2D eigenvalue weighted by molar-refractivity contribution is 5.91. The maximum absolute atomic E-state index is 13.3. The minimum Gasteiger partial charge on any atom is -0.354 e. The minimum absolute atomic E-state index is 0.0534. The number of rotatable bonds is 6. The molecule has 2 aromatic rings. The predicted molar refractivity (Wildman–Crippen MR) is 87.5 cm³/mol. The number of nitrogens with zero attached hydrogens (tertiary/aromatic N) is 1. The van der Waals surface area contributed by atoms with Gasteiger partial charge in [-0.15, -0.1) is 0 Å². The second-order valence-electron chi connectivity index (χ2n) is 5.31. The van der Waals surface area contributed by atoms with E-state index in [4.69, 9.17) is 0 Å². The van der Waals surface area contributed by atoms with E-state index in [1.807, 2.05) is 0 Å². The maximum atomic E-state index is 13.3. The molecule has 126 valence electrons. The van der Waals surface area contributed by atoms with Crippen LogP contribution in [-0.4, -0.2) is 24.9 Å². The summed E-state index contributed by atoms with van der Waals surface area (Å²) < 4.78 is 26.4. The third-order valence-electron chi connectivity index (χ3n) is 3.41. The average Bonchev–Trinajstić information content (AvgIpc) is 2.51. The first kappa shape index (κ1) is 17.6. The van der Waals surface area contributed by atoms with E-state index in [2.05, 4.69) is 5.32 Å². The Hall–Kier alpha value is -2.76. The zero-order valence-electron chi connectivity index (χ0n) is 13.3. The van der Waals surface area contributed by atoms with Gasteiger partial charge in [-0.1, -0.05) is 18.2 Å². The van der Waals surface area contributed by atoms with Gasteiger partial charge in [0.15, 0.2) is 0 Å². The van der Waals surface area contributed by atoms with Crippen molar-refractivity contribution in [2.45, 2.75) is 13.3 Å². The molecular weight excluding hydrogens is 314 g/mol. The Morgan fingerprint density at radius 1 is 1.04 bits per heavy atom. The number of anilines is 1. The molecule has 0 saturated heterocycles. The number of amides is 2. The molecule has 2 aromatic carbocycles. The summed E-state index contributed by atoms with van der Waals surface area (Å²) in [6.45, 7) is 1.80. The lowest BCUT2D eigenvalue weighted by molar-refractivity contribution is -0.121. The van der Waals surface area contributed by atoms with Gasteiger partial charge in [0.2, 0.25) is 11.8 Å². The lowest BCUT2D eigenvalue weighted by atomic mass is 10.1. The fraction of sp³-hybridized carbons (Fsp3) is 0.222. The van der Waals surface area contributed by atoms with Crippen LogP contribution in [0, 0.1) is 11.6 Å². The molecule has 6 heteroatoms. The van der Waals surface area contributed by atoms with E-state index in [9.17, 15) is 18.4 Å². The molecule has 0 aliphatic rings. The zero-order chi connectivity index (χ0) is 17.5. The van der Waals surface area contributed by atoms with E-state index in [-0.39, 0.29) is 31.3 Å². The van der Waals surface area contributed by atoms with Crippen LogP contribution in [0.4, 0.5) is 14.5 Å². The minimum atomic E-state index is -0.436. The molecule has 0 saturated carbocycles. The van der Waals surface area contributed by atoms with Crippen LogP contribution in [0.15, 0.2) is 48.5 Å². The molecule has 4 nitrogen and oxygen atoms in total.